The highest BCUT2D eigenvalue weighted by atomic mass is 35.5. The molecule has 0 bridgehead atoms. The van der Waals surface area contributed by atoms with Gasteiger partial charge in [-0.15, -0.1) is 0 Å². The largest absolute Gasteiger partial charge is 0.356 e. The Kier molecular flexibility index (Phi) is 6.27. The monoisotopic (exact) mass is 602 g/mol. The van der Waals surface area contributed by atoms with Crippen molar-refractivity contribution in [3.8, 4) is 28.3 Å². The zero-order chi connectivity index (χ0) is 29.2. The van der Waals surface area contributed by atoms with E-state index in [0.717, 1.165) is 47.2 Å². The Hall–Kier alpha value is -4.31. The molecule has 1 aliphatic heterocycles. The van der Waals surface area contributed by atoms with Crippen molar-refractivity contribution >= 4 is 33.0 Å². The average molecular weight is 603 g/mol. The zero-order valence-corrected chi connectivity index (χ0v) is 23.9. The van der Waals surface area contributed by atoms with Crippen LogP contribution in [0.1, 0.15) is 5.56 Å². The zero-order valence-electron chi connectivity index (χ0n) is 22.3. The van der Waals surface area contributed by atoms with Crippen LogP contribution in [0.4, 0.5) is 10.2 Å². The maximum Gasteiger partial charge on any atom is 0.244 e. The number of halogens is 2. The molecule has 10 nitrogen and oxygen atoms in total. The summed E-state index contributed by atoms with van der Waals surface area (Å²) in [7, 11) is -2.20. The normalized spacial score (nSPS) is 19.7. The lowest BCUT2D eigenvalue weighted by Crippen LogP contribution is -2.31. The van der Waals surface area contributed by atoms with E-state index in [0.29, 0.717) is 22.9 Å². The molecule has 7 rings (SSSR count). The van der Waals surface area contributed by atoms with Gasteiger partial charge in [0.15, 0.2) is 0 Å². The fourth-order valence-corrected chi connectivity index (χ4v) is 7.71. The van der Waals surface area contributed by atoms with Crippen LogP contribution in [0.5, 0.6) is 0 Å². The fourth-order valence-electron chi connectivity index (χ4n) is 6.04. The Labute approximate surface area is 246 Å². The average Bonchev–Trinajstić information content (AvgIpc) is 3.40. The molecule has 0 amide bonds. The Morgan fingerprint density at radius 1 is 1.07 bits per heavy atom. The molecule has 1 saturated heterocycles. The van der Waals surface area contributed by atoms with Gasteiger partial charge in [-0.1, -0.05) is 17.7 Å². The number of hydrogen-bond donors (Lipinski definition) is 1. The van der Waals surface area contributed by atoms with Crippen LogP contribution < -0.4 is 9.62 Å². The van der Waals surface area contributed by atoms with Gasteiger partial charge in [-0.2, -0.15) is 15.5 Å². The number of pyridine rings is 2. The maximum atomic E-state index is 14.2. The van der Waals surface area contributed by atoms with E-state index in [-0.39, 0.29) is 17.5 Å². The van der Waals surface area contributed by atoms with E-state index in [9.17, 15) is 18.1 Å². The van der Waals surface area contributed by atoms with Crippen molar-refractivity contribution in [3.05, 3.63) is 83.8 Å². The van der Waals surface area contributed by atoms with E-state index in [1.165, 1.54) is 12.1 Å². The summed E-state index contributed by atoms with van der Waals surface area (Å²) >= 11 is 5.96. The molecule has 1 unspecified atom stereocenters. The van der Waals surface area contributed by atoms with Crippen LogP contribution in [0.2, 0.25) is 5.02 Å². The molecule has 2 fully saturated rings. The van der Waals surface area contributed by atoms with E-state index in [4.69, 9.17) is 16.6 Å². The Balaban J connectivity index is 1.06. The van der Waals surface area contributed by atoms with Gasteiger partial charge in [-0.05, 0) is 48.1 Å². The van der Waals surface area contributed by atoms with E-state index >= 15 is 0 Å². The van der Waals surface area contributed by atoms with Crippen molar-refractivity contribution in [2.45, 2.75) is 4.90 Å². The number of aromatic nitrogens is 5. The summed E-state index contributed by atoms with van der Waals surface area (Å²) in [5.41, 5.74) is 4.74. The number of nitriles is 1. The highest BCUT2D eigenvalue weighted by Crippen LogP contribution is 2.52. The van der Waals surface area contributed by atoms with Crippen molar-refractivity contribution in [1.29, 1.82) is 5.26 Å². The first kappa shape index (κ1) is 26.6. The number of benzene rings is 1. The third kappa shape index (κ3) is 4.50. The number of fused-ring (bicyclic) bond motifs is 2. The Morgan fingerprint density at radius 2 is 1.88 bits per heavy atom. The van der Waals surface area contributed by atoms with Crippen LogP contribution >= 0.6 is 11.6 Å². The summed E-state index contributed by atoms with van der Waals surface area (Å²) in [5.74, 6) is 0.790. The van der Waals surface area contributed by atoms with Crippen LogP contribution in [0.15, 0.2) is 72.3 Å². The standard InChI is InChI=1S/C29H24ClFN8O2S/c1-37-13-20(11-34-37)18-7-21(28-19(8-32)10-35-39(28)14-18)17-5-6-27(33-9-17)38-15-23-22(24(23)16-38)12-36-42(40,41)29-25(30)3-2-4-26(29)31/h2-7,9-11,13-14,22-24,36H,12,15-16H2,1H3/t22?,23-,24+. The predicted octanol–water partition coefficient (Wildman–Crippen LogP) is 4.12. The number of aryl methyl sites for hydroxylation is 1. The lowest BCUT2D eigenvalue weighted by Gasteiger charge is -2.21. The second kappa shape index (κ2) is 9.90. The molecule has 0 radical (unpaired) electrons. The van der Waals surface area contributed by atoms with Gasteiger partial charge in [0.25, 0.3) is 0 Å². The SMILES string of the molecule is Cn1cc(-c2cc(-c3ccc(N4C[C@@H]5C(CNS(=O)(=O)c6c(F)cccc6Cl)[C@@H]5C4)nc3)c3c(C#N)cnn3c2)cn1. The van der Waals surface area contributed by atoms with Crippen LogP contribution in [0.3, 0.4) is 0 Å². The van der Waals surface area contributed by atoms with E-state index in [1.54, 1.807) is 27.8 Å². The van der Waals surface area contributed by atoms with Gasteiger partial charge in [-0.25, -0.2) is 27.0 Å². The molecule has 2 aliphatic rings. The van der Waals surface area contributed by atoms with Gasteiger partial charge in [0.1, 0.15) is 22.6 Å². The Morgan fingerprint density at radius 3 is 2.55 bits per heavy atom. The third-order valence-electron chi connectivity index (χ3n) is 8.22. The molecule has 1 aliphatic carbocycles. The highest BCUT2D eigenvalue weighted by molar-refractivity contribution is 7.89. The predicted molar refractivity (Wildman–Crippen MR) is 155 cm³/mol. The van der Waals surface area contributed by atoms with Gasteiger partial charge in [-0.3, -0.25) is 4.68 Å². The second-order valence-corrected chi connectivity index (χ2v) is 12.8. The molecular formula is C29H24ClFN8O2S. The molecule has 1 N–H and O–H groups in total. The molecular weight excluding hydrogens is 579 g/mol. The molecule has 5 aromatic rings. The maximum absolute atomic E-state index is 14.2. The summed E-state index contributed by atoms with van der Waals surface area (Å²) < 4.78 is 45.5. The molecule has 1 saturated carbocycles. The van der Waals surface area contributed by atoms with Crippen molar-refractivity contribution < 1.29 is 12.8 Å². The summed E-state index contributed by atoms with van der Waals surface area (Å²) in [6, 6.07) is 12.0. The van der Waals surface area contributed by atoms with E-state index in [2.05, 4.69) is 25.9 Å². The molecule has 212 valence electrons. The number of nitrogens with one attached hydrogen (secondary N) is 1. The van der Waals surface area contributed by atoms with Crippen molar-refractivity contribution in [2.75, 3.05) is 24.5 Å². The minimum absolute atomic E-state index is 0.138. The van der Waals surface area contributed by atoms with Gasteiger partial charge in [0, 0.05) is 67.5 Å². The van der Waals surface area contributed by atoms with Gasteiger partial charge < -0.3 is 4.90 Å². The first-order valence-electron chi connectivity index (χ1n) is 13.3. The van der Waals surface area contributed by atoms with Gasteiger partial charge in [0.2, 0.25) is 10.0 Å². The van der Waals surface area contributed by atoms with Gasteiger partial charge >= 0.3 is 0 Å². The second-order valence-electron chi connectivity index (χ2n) is 10.7. The first-order chi connectivity index (χ1) is 20.2. The number of sulfonamides is 1. The number of anilines is 1. The van der Waals surface area contributed by atoms with E-state index in [1.807, 2.05) is 37.6 Å². The minimum Gasteiger partial charge on any atom is -0.356 e. The smallest absolute Gasteiger partial charge is 0.244 e. The van der Waals surface area contributed by atoms with Crippen LogP contribution in [-0.4, -0.2) is 52.4 Å². The van der Waals surface area contributed by atoms with Gasteiger partial charge in [0.05, 0.1) is 28.5 Å². The number of nitrogens with zero attached hydrogens (tertiary/aromatic N) is 7. The number of rotatable bonds is 7. The van der Waals surface area contributed by atoms with Crippen LogP contribution in [-0.2, 0) is 17.1 Å². The summed E-state index contributed by atoms with van der Waals surface area (Å²) in [6.45, 7) is 1.75. The lowest BCUT2D eigenvalue weighted by atomic mass is 10.0. The first-order valence-corrected chi connectivity index (χ1v) is 15.1. The fraction of sp³-hybridized carbons (Fsp3) is 0.241. The third-order valence-corrected chi connectivity index (χ3v) is 10.1. The van der Waals surface area contributed by atoms with Crippen LogP contribution in [0.25, 0.3) is 27.8 Å². The molecule has 13 heteroatoms. The number of hydrogen-bond acceptors (Lipinski definition) is 7. The number of piperidine rings is 1. The summed E-state index contributed by atoms with van der Waals surface area (Å²) in [6.07, 6.45) is 8.96. The molecule has 0 spiro atoms. The molecule has 4 aromatic heterocycles. The topological polar surface area (TPSA) is 121 Å². The summed E-state index contributed by atoms with van der Waals surface area (Å²) in [4.78, 5) is 6.43. The lowest BCUT2D eigenvalue weighted by molar-refractivity contribution is 0.546. The van der Waals surface area contributed by atoms with Crippen LogP contribution in [0, 0.1) is 34.9 Å². The minimum atomic E-state index is -4.05. The molecule has 1 aromatic carbocycles. The molecule has 42 heavy (non-hydrogen) atoms. The quantitative estimate of drug-likeness (QED) is 0.297. The van der Waals surface area contributed by atoms with E-state index < -0.39 is 20.7 Å². The van der Waals surface area contributed by atoms with Crippen molar-refractivity contribution in [3.63, 3.8) is 0 Å². The summed E-state index contributed by atoms with van der Waals surface area (Å²) in [5, 5.41) is 18.2. The molecule has 5 heterocycles. The van der Waals surface area contributed by atoms with Crippen molar-refractivity contribution in [2.24, 2.45) is 24.8 Å². The highest BCUT2D eigenvalue weighted by Gasteiger charge is 2.55. The Bertz CT molecular complexity index is 1970. The molecule has 3 atom stereocenters. The van der Waals surface area contributed by atoms with Crippen molar-refractivity contribution in [1.82, 2.24) is 29.1 Å².